The number of rotatable bonds is 7. The van der Waals surface area contributed by atoms with Crippen molar-refractivity contribution >= 4 is 5.96 Å². The third kappa shape index (κ3) is 5.67. The first-order valence-corrected chi connectivity index (χ1v) is 9.39. The van der Waals surface area contributed by atoms with Gasteiger partial charge in [0.05, 0.1) is 12.7 Å². The summed E-state index contributed by atoms with van der Waals surface area (Å²) < 4.78 is 15.1. The van der Waals surface area contributed by atoms with Crippen molar-refractivity contribution in [3.05, 3.63) is 89.0 Å². The van der Waals surface area contributed by atoms with Gasteiger partial charge in [-0.15, -0.1) is 0 Å². The molecule has 1 aromatic heterocycles. The molecule has 0 saturated carbocycles. The van der Waals surface area contributed by atoms with Gasteiger partial charge in [0.1, 0.15) is 5.82 Å². The molecule has 0 aliphatic heterocycles. The molecule has 0 radical (unpaired) electrons. The standard InChI is InChI=1S/C22H26FN5/c1-17-12-21(23)9-8-20(17)10-11-25-22(24-2)26-13-19-14-27-28(16-19)15-18-6-4-3-5-7-18/h3-9,12,14,16H,10-11,13,15H2,1-2H3,(H2,24,25,26). The van der Waals surface area contributed by atoms with Crippen molar-refractivity contribution in [2.75, 3.05) is 13.6 Å². The van der Waals surface area contributed by atoms with E-state index in [9.17, 15) is 4.39 Å². The Hall–Kier alpha value is -3.15. The van der Waals surface area contributed by atoms with Crippen LogP contribution in [-0.4, -0.2) is 29.3 Å². The fraction of sp³-hybridized carbons (Fsp3) is 0.273. The number of halogens is 1. The maximum atomic E-state index is 13.2. The zero-order valence-corrected chi connectivity index (χ0v) is 16.3. The number of nitrogens with zero attached hydrogens (tertiary/aromatic N) is 3. The lowest BCUT2D eigenvalue weighted by Gasteiger charge is -2.12. The zero-order valence-electron chi connectivity index (χ0n) is 16.3. The van der Waals surface area contributed by atoms with Crippen LogP contribution in [0.25, 0.3) is 0 Å². The molecule has 1 heterocycles. The molecule has 0 aliphatic rings. The summed E-state index contributed by atoms with van der Waals surface area (Å²) in [5.41, 5.74) is 4.41. The van der Waals surface area contributed by atoms with Crippen LogP contribution in [0.15, 0.2) is 65.9 Å². The van der Waals surface area contributed by atoms with E-state index in [4.69, 9.17) is 0 Å². The molecule has 0 atom stereocenters. The van der Waals surface area contributed by atoms with Crippen LogP contribution in [0, 0.1) is 12.7 Å². The van der Waals surface area contributed by atoms with Gasteiger partial charge in [-0.25, -0.2) is 4.39 Å². The smallest absolute Gasteiger partial charge is 0.191 e. The summed E-state index contributed by atoms with van der Waals surface area (Å²) in [6.07, 6.45) is 4.71. The summed E-state index contributed by atoms with van der Waals surface area (Å²) in [7, 11) is 1.75. The monoisotopic (exact) mass is 379 g/mol. The quantitative estimate of drug-likeness (QED) is 0.489. The summed E-state index contributed by atoms with van der Waals surface area (Å²) in [5, 5.41) is 11.0. The Morgan fingerprint density at radius 1 is 1.11 bits per heavy atom. The highest BCUT2D eigenvalue weighted by Crippen LogP contribution is 2.10. The molecule has 0 unspecified atom stereocenters. The number of guanidine groups is 1. The first kappa shape index (κ1) is 19.6. The Balaban J connectivity index is 1.45. The summed E-state index contributed by atoms with van der Waals surface area (Å²) in [6, 6.07) is 15.2. The Kier molecular flexibility index (Phi) is 6.78. The molecule has 3 aromatic rings. The molecular weight excluding hydrogens is 353 g/mol. The fourth-order valence-electron chi connectivity index (χ4n) is 3.02. The van der Waals surface area contributed by atoms with Crippen LogP contribution < -0.4 is 10.6 Å². The van der Waals surface area contributed by atoms with Gasteiger partial charge in [0.2, 0.25) is 0 Å². The summed E-state index contributed by atoms with van der Waals surface area (Å²) >= 11 is 0. The highest BCUT2D eigenvalue weighted by Gasteiger charge is 2.04. The summed E-state index contributed by atoms with van der Waals surface area (Å²) in [6.45, 7) is 4.05. The van der Waals surface area contributed by atoms with Crippen LogP contribution in [0.1, 0.15) is 22.3 Å². The van der Waals surface area contributed by atoms with Crippen molar-refractivity contribution in [2.24, 2.45) is 4.99 Å². The van der Waals surface area contributed by atoms with Crippen LogP contribution in [-0.2, 0) is 19.5 Å². The molecule has 2 N–H and O–H groups in total. The van der Waals surface area contributed by atoms with Crippen molar-refractivity contribution in [1.29, 1.82) is 0 Å². The predicted octanol–water partition coefficient (Wildman–Crippen LogP) is 3.29. The lowest BCUT2D eigenvalue weighted by molar-refractivity contribution is 0.625. The maximum Gasteiger partial charge on any atom is 0.191 e. The Labute approximate surface area is 165 Å². The molecule has 0 saturated heterocycles. The second-order valence-electron chi connectivity index (χ2n) is 6.71. The van der Waals surface area contributed by atoms with Crippen molar-refractivity contribution in [3.8, 4) is 0 Å². The van der Waals surface area contributed by atoms with Gasteiger partial charge in [0, 0.05) is 31.9 Å². The van der Waals surface area contributed by atoms with Gasteiger partial charge in [0.25, 0.3) is 0 Å². The SMILES string of the molecule is CN=C(NCCc1ccc(F)cc1C)NCc1cnn(Cc2ccccc2)c1. The van der Waals surface area contributed by atoms with Gasteiger partial charge in [-0.3, -0.25) is 9.67 Å². The Morgan fingerprint density at radius 2 is 1.93 bits per heavy atom. The van der Waals surface area contributed by atoms with Gasteiger partial charge in [0.15, 0.2) is 5.96 Å². The number of aryl methyl sites for hydroxylation is 1. The predicted molar refractivity (Wildman–Crippen MR) is 111 cm³/mol. The minimum atomic E-state index is -0.195. The third-order valence-electron chi connectivity index (χ3n) is 4.55. The number of benzene rings is 2. The lowest BCUT2D eigenvalue weighted by atomic mass is 10.1. The van der Waals surface area contributed by atoms with E-state index < -0.39 is 0 Å². The summed E-state index contributed by atoms with van der Waals surface area (Å²) in [4.78, 5) is 4.25. The second kappa shape index (κ2) is 9.69. The van der Waals surface area contributed by atoms with Crippen LogP contribution >= 0.6 is 0 Å². The van der Waals surface area contributed by atoms with E-state index in [-0.39, 0.29) is 5.82 Å². The van der Waals surface area contributed by atoms with Gasteiger partial charge < -0.3 is 10.6 Å². The minimum absolute atomic E-state index is 0.195. The third-order valence-corrected chi connectivity index (χ3v) is 4.55. The number of hydrogen-bond donors (Lipinski definition) is 2. The average Bonchev–Trinajstić information content (AvgIpc) is 3.14. The number of aromatic nitrogens is 2. The molecule has 0 amide bonds. The Bertz CT molecular complexity index is 918. The topological polar surface area (TPSA) is 54.2 Å². The average molecular weight is 379 g/mol. The molecule has 5 nitrogen and oxygen atoms in total. The molecule has 28 heavy (non-hydrogen) atoms. The van der Waals surface area contributed by atoms with Gasteiger partial charge in [-0.1, -0.05) is 36.4 Å². The second-order valence-corrected chi connectivity index (χ2v) is 6.71. The van der Waals surface area contributed by atoms with Gasteiger partial charge in [-0.2, -0.15) is 5.10 Å². The molecular formula is C22H26FN5. The maximum absolute atomic E-state index is 13.2. The fourth-order valence-corrected chi connectivity index (χ4v) is 3.02. The zero-order chi connectivity index (χ0) is 19.8. The van der Waals surface area contributed by atoms with E-state index in [0.29, 0.717) is 6.54 Å². The van der Waals surface area contributed by atoms with E-state index in [1.54, 1.807) is 13.1 Å². The number of aliphatic imine (C=N–C) groups is 1. The minimum Gasteiger partial charge on any atom is -0.356 e. The molecule has 0 spiro atoms. The van der Waals surface area contributed by atoms with Crippen LogP contribution in [0.4, 0.5) is 4.39 Å². The van der Waals surface area contributed by atoms with Crippen LogP contribution in [0.5, 0.6) is 0 Å². The lowest BCUT2D eigenvalue weighted by Crippen LogP contribution is -2.37. The molecule has 0 fully saturated rings. The van der Waals surface area contributed by atoms with E-state index in [1.807, 2.05) is 48.3 Å². The van der Waals surface area contributed by atoms with E-state index >= 15 is 0 Å². The highest BCUT2D eigenvalue weighted by atomic mass is 19.1. The van der Waals surface area contributed by atoms with E-state index in [2.05, 4.69) is 32.9 Å². The van der Waals surface area contributed by atoms with Gasteiger partial charge >= 0.3 is 0 Å². The first-order chi connectivity index (χ1) is 13.6. The normalized spacial score (nSPS) is 11.5. The molecule has 6 heteroatoms. The number of nitrogens with one attached hydrogen (secondary N) is 2. The first-order valence-electron chi connectivity index (χ1n) is 9.39. The van der Waals surface area contributed by atoms with E-state index in [1.165, 1.54) is 11.6 Å². The molecule has 3 rings (SSSR count). The van der Waals surface area contributed by atoms with Gasteiger partial charge in [-0.05, 0) is 42.2 Å². The molecule has 0 bridgehead atoms. The van der Waals surface area contributed by atoms with Crippen molar-refractivity contribution in [1.82, 2.24) is 20.4 Å². The van der Waals surface area contributed by atoms with Crippen LogP contribution in [0.3, 0.4) is 0 Å². The summed E-state index contributed by atoms with van der Waals surface area (Å²) in [5.74, 6) is 0.537. The largest absolute Gasteiger partial charge is 0.356 e. The molecule has 2 aromatic carbocycles. The van der Waals surface area contributed by atoms with Crippen molar-refractivity contribution < 1.29 is 4.39 Å². The Morgan fingerprint density at radius 3 is 2.68 bits per heavy atom. The van der Waals surface area contributed by atoms with Crippen LogP contribution in [0.2, 0.25) is 0 Å². The highest BCUT2D eigenvalue weighted by molar-refractivity contribution is 5.79. The molecule has 0 aliphatic carbocycles. The number of hydrogen-bond acceptors (Lipinski definition) is 2. The van der Waals surface area contributed by atoms with Crippen molar-refractivity contribution in [2.45, 2.75) is 26.4 Å². The van der Waals surface area contributed by atoms with Crippen molar-refractivity contribution in [3.63, 3.8) is 0 Å². The molecule has 146 valence electrons. The van der Waals surface area contributed by atoms with E-state index in [0.717, 1.165) is 42.2 Å².